The number of aliphatic hydroxyl groups is 1. The number of aliphatic hydroxyl groups excluding tert-OH is 1. The van der Waals surface area contributed by atoms with Gasteiger partial charge in [-0.05, 0) is 43.9 Å². The second kappa shape index (κ2) is 8.08. The van der Waals surface area contributed by atoms with Crippen LogP contribution in [0.15, 0.2) is 24.3 Å². The number of nitrogens with zero attached hydrogens (tertiary/aromatic N) is 1. The summed E-state index contributed by atoms with van der Waals surface area (Å²) in [6, 6.07) is 8.99. The number of hydrogen-bond acceptors (Lipinski definition) is 4. The highest BCUT2D eigenvalue weighted by Crippen LogP contribution is 2.42. The first kappa shape index (κ1) is 19.4. The molecule has 1 aromatic carbocycles. The van der Waals surface area contributed by atoms with Gasteiger partial charge in [0.15, 0.2) is 0 Å². The van der Waals surface area contributed by atoms with Crippen molar-refractivity contribution in [2.75, 3.05) is 25.4 Å². The van der Waals surface area contributed by atoms with Crippen LogP contribution >= 0.6 is 0 Å². The molecule has 144 valence electrons. The van der Waals surface area contributed by atoms with Crippen molar-refractivity contribution in [3.05, 3.63) is 35.5 Å². The first-order valence-corrected chi connectivity index (χ1v) is 10.9. The Morgan fingerprint density at radius 2 is 2.04 bits per heavy atom. The number of H-pyrrole nitrogens is 1. The number of benzene rings is 1. The zero-order valence-corrected chi connectivity index (χ0v) is 16.0. The van der Waals surface area contributed by atoms with Crippen LogP contribution in [-0.4, -0.2) is 53.4 Å². The van der Waals surface area contributed by atoms with Gasteiger partial charge >= 0.3 is 0 Å². The molecule has 1 saturated heterocycles. The average molecular weight is 381 g/mol. The Morgan fingerprint density at radius 1 is 1.27 bits per heavy atom. The number of aromatic amines is 1. The van der Waals surface area contributed by atoms with E-state index in [4.69, 9.17) is 4.55 Å². The van der Waals surface area contributed by atoms with Crippen molar-refractivity contribution in [1.29, 1.82) is 0 Å². The molecule has 7 heteroatoms. The standard InChI is InChI=1S/C16H20N2O.C3H8O3S/c19-10-11-4-3-8-18-9-7-13-12-5-1-2-6-14(12)17-15(13)16(11)18;1-2-3-7(4,5)6/h1-2,5-6,11,16-17,19H,3-4,7-10H2;2-3H2,1H3,(H,4,5,6)/t11-,16?;/m1./s1. The number of rotatable bonds is 3. The van der Waals surface area contributed by atoms with E-state index >= 15 is 0 Å². The van der Waals surface area contributed by atoms with E-state index in [1.54, 1.807) is 6.92 Å². The van der Waals surface area contributed by atoms with Crippen LogP contribution in [0, 0.1) is 5.92 Å². The Morgan fingerprint density at radius 3 is 2.69 bits per heavy atom. The Kier molecular flexibility index (Phi) is 6.02. The van der Waals surface area contributed by atoms with Gasteiger partial charge in [0.2, 0.25) is 0 Å². The molecule has 0 aliphatic carbocycles. The monoisotopic (exact) mass is 380 g/mol. The molecule has 1 fully saturated rings. The zero-order chi connectivity index (χ0) is 18.7. The molecule has 6 nitrogen and oxygen atoms in total. The molecule has 1 aromatic heterocycles. The summed E-state index contributed by atoms with van der Waals surface area (Å²) < 4.78 is 27.6. The summed E-state index contributed by atoms with van der Waals surface area (Å²) in [5, 5.41) is 11.1. The van der Waals surface area contributed by atoms with Crippen LogP contribution in [0.1, 0.15) is 43.5 Å². The summed E-state index contributed by atoms with van der Waals surface area (Å²) in [4.78, 5) is 6.18. The number of aromatic nitrogens is 1. The van der Waals surface area contributed by atoms with E-state index in [2.05, 4.69) is 34.1 Å². The Hall–Kier alpha value is -1.41. The zero-order valence-electron chi connectivity index (χ0n) is 15.2. The van der Waals surface area contributed by atoms with E-state index in [0.717, 1.165) is 19.4 Å². The van der Waals surface area contributed by atoms with Crippen LogP contribution in [0.25, 0.3) is 10.9 Å². The summed E-state index contributed by atoms with van der Waals surface area (Å²) >= 11 is 0. The SMILES string of the molecule is CCCS(=O)(=O)O.OC[C@H]1CCCN2CCc3c([nH]c4ccccc34)C12. The molecule has 0 saturated carbocycles. The molecular weight excluding hydrogens is 352 g/mol. The Labute approximate surface area is 155 Å². The van der Waals surface area contributed by atoms with E-state index in [1.807, 2.05) is 0 Å². The predicted molar refractivity (Wildman–Crippen MR) is 103 cm³/mol. The van der Waals surface area contributed by atoms with Crippen molar-refractivity contribution >= 4 is 21.0 Å². The minimum absolute atomic E-state index is 0.132. The van der Waals surface area contributed by atoms with Crippen LogP contribution in [0.2, 0.25) is 0 Å². The lowest BCUT2D eigenvalue weighted by atomic mass is 9.83. The third-order valence-electron chi connectivity index (χ3n) is 5.35. The van der Waals surface area contributed by atoms with E-state index < -0.39 is 10.1 Å². The van der Waals surface area contributed by atoms with Crippen LogP contribution < -0.4 is 0 Å². The van der Waals surface area contributed by atoms with Crippen molar-refractivity contribution in [3.63, 3.8) is 0 Å². The number of hydrogen-bond donors (Lipinski definition) is 3. The molecule has 2 aliphatic heterocycles. The summed E-state index contributed by atoms with van der Waals surface area (Å²) in [5.41, 5.74) is 4.10. The van der Waals surface area contributed by atoms with Crippen molar-refractivity contribution in [1.82, 2.24) is 9.88 Å². The second-order valence-electron chi connectivity index (χ2n) is 7.16. The summed E-state index contributed by atoms with van der Waals surface area (Å²) in [6.45, 7) is 4.30. The molecule has 3 N–H and O–H groups in total. The van der Waals surface area contributed by atoms with Gasteiger partial charge in [-0.3, -0.25) is 9.45 Å². The molecule has 0 amide bonds. The third-order valence-corrected chi connectivity index (χ3v) is 6.27. The lowest BCUT2D eigenvalue weighted by Crippen LogP contribution is -2.44. The number of para-hydroxylation sites is 1. The molecule has 2 aromatic rings. The summed E-state index contributed by atoms with van der Waals surface area (Å²) in [6.07, 6.45) is 3.97. The lowest BCUT2D eigenvalue weighted by Gasteiger charge is -2.43. The molecule has 4 rings (SSSR count). The molecule has 0 radical (unpaired) electrons. The van der Waals surface area contributed by atoms with Gasteiger partial charge in [0, 0.05) is 35.7 Å². The van der Waals surface area contributed by atoms with Crippen molar-refractivity contribution in [3.8, 4) is 0 Å². The van der Waals surface area contributed by atoms with Crippen LogP contribution in [0.5, 0.6) is 0 Å². The Balaban J connectivity index is 0.000000242. The van der Waals surface area contributed by atoms with Gasteiger partial charge in [0.25, 0.3) is 10.1 Å². The largest absolute Gasteiger partial charge is 0.396 e. The van der Waals surface area contributed by atoms with Gasteiger partial charge in [-0.25, -0.2) is 0 Å². The quantitative estimate of drug-likeness (QED) is 0.712. The first-order valence-electron chi connectivity index (χ1n) is 9.34. The average Bonchev–Trinajstić information content (AvgIpc) is 2.99. The molecule has 3 heterocycles. The lowest BCUT2D eigenvalue weighted by molar-refractivity contribution is 0.0465. The minimum atomic E-state index is -3.67. The fourth-order valence-corrected chi connectivity index (χ4v) is 4.78. The molecule has 1 unspecified atom stereocenters. The van der Waals surface area contributed by atoms with Gasteiger partial charge < -0.3 is 10.1 Å². The van der Waals surface area contributed by atoms with Crippen molar-refractivity contribution in [2.45, 2.75) is 38.6 Å². The first-order chi connectivity index (χ1) is 12.4. The van der Waals surface area contributed by atoms with Gasteiger partial charge in [-0.2, -0.15) is 8.42 Å². The second-order valence-corrected chi connectivity index (χ2v) is 8.74. The van der Waals surface area contributed by atoms with Crippen molar-refractivity contribution in [2.24, 2.45) is 5.92 Å². The normalized spacial score (nSPS) is 23.0. The van der Waals surface area contributed by atoms with Gasteiger partial charge in [-0.1, -0.05) is 25.1 Å². The van der Waals surface area contributed by atoms with E-state index in [0.29, 0.717) is 25.0 Å². The van der Waals surface area contributed by atoms with Crippen LogP contribution in [-0.2, 0) is 16.5 Å². The van der Waals surface area contributed by atoms with E-state index in [1.165, 1.54) is 35.1 Å². The number of piperidine rings is 1. The predicted octanol–water partition coefficient (Wildman–Crippen LogP) is 2.75. The number of nitrogens with one attached hydrogen (secondary N) is 1. The summed E-state index contributed by atoms with van der Waals surface area (Å²) in [5.74, 6) is 0.258. The highest BCUT2D eigenvalue weighted by Gasteiger charge is 2.37. The van der Waals surface area contributed by atoms with Crippen molar-refractivity contribution < 1.29 is 18.1 Å². The van der Waals surface area contributed by atoms with E-state index in [9.17, 15) is 13.5 Å². The highest BCUT2D eigenvalue weighted by atomic mass is 32.2. The number of fused-ring (bicyclic) bond motifs is 5. The van der Waals surface area contributed by atoms with Gasteiger partial charge in [0.05, 0.1) is 11.8 Å². The van der Waals surface area contributed by atoms with Gasteiger partial charge in [-0.15, -0.1) is 0 Å². The minimum Gasteiger partial charge on any atom is -0.396 e. The van der Waals surface area contributed by atoms with Crippen LogP contribution in [0.4, 0.5) is 0 Å². The maximum atomic E-state index is 9.79. The fraction of sp³-hybridized carbons (Fsp3) is 0.579. The van der Waals surface area contributed by atoms with Crippen LogP contribution in [0.3, 0.4) is 0 Å². The fourth-order valence-electron chi connectivity index (χ4n) is 4.27. The molecular formula is C19H28N2O4S. The molecule has 0 bridgehead atoms. The maximum Gasteiger partial charge on any atom is 0.264 e. The smallest absolute Gasteiger partial charge is 0.264 e. The maximum absolute atomic E-state index is 9.79. The molecule has 26 heavy (non-hydrogen) atoms. The van der Waals surface area contributed by atoms with Gasteiger partial charge in [0.1, 0.15) is 0 Å². The highest BCUT2D eigenvalue weighted by molar-refractivity contribution is 7.85. The molecule has 2 atom stereocenters. The van der Waals surface area contributed by atoms with E-state index in [-0.39, 0.29) is 5.75 Å². The summed E-state index contributed by atoms with van der Waals surface area (Å²) in [7, 11) is -3.67. The molecule has 2 aliphatic rings. The molecule has 0 spiro atoms. The topological polar surface area (TPSA) is 93.6 Å². The third kappa shape index (κ3) is 4.11. The Bertz CT molecular complexity index is 846.